The van der Waals surface area contributed by atoms with Crippen LogP contribution in [0.25, 0.3) is 5.52 Å². The molecule has 1 nitrogen and oxygen atoms in total. The lowest BCUT2D eigenvalue weighted by Gasteiger charge is -2.04. The number of aromatic nitrogens is 1. The van der Waals surface area contributed by atoms with Crippen molar-refractivity contribution in [3.05, 3.63) is 41.7 Å². The molecule has 0 radical (unpaired) electrons. The Morgan fingerprint density at radius 3 is 2.60 bits per heavy atom. The maximum absolute atomic E-state index is 2.34. The summed E-state index contributed by atoms with van der Waals surface area (Å²) in [7, 11) is 0. The molecular weight excluding hydrogens is 182 g/mol. The Balaban J connectivity index is 2.53. The number of hydrogen-bond donors (Lipinski definition) is 0. The van der Waals surface area contributed by atoms with E-state index in [9.17, 15) is 0 Å². The molecule has 0 N–H and O–H groups in total. The molecule has 1 heteroatoms. The molecule has 2 heterocycles. The van der Waals surface area contributed by atoms with Crippen molar-refractivity contribution in [3.63, 3.8) is 0 Å². The van der Waals surface area contributed by atoms with Crippen LogP contribution in [0.2, 0.25) is 0 Å². The van der Waals surface area contributed by atoms with E-state index in [0.29, 0.717) is 0 Å². The second-order valence-corrected chi connectivity index (χ2v) is 4.11. The summed E-state index contributed by atoms with van der Waals surface area (Å²) < 4.78 is 2.34. The van der Waals surface area contributed by atoms with Crippen molar-refractivity contribution < 1.29 is 0 Å². The van der Waals surface area contributed by atoms with Crippen LogP contribution in [0, 0.1) is 0 Å². The summed E-state index contributed by atoms with van der Waals surface area (Å²) in [6, 6.07) is 8.76. The molecule has 0 saturated carbocycles. The smallest absolute Gasteiger partial charge is 0.0455 e. The first-order valence-electron chi connectivity index (χ1n) is 5.94. The van der Waals surface area contributed by atoms with Gasteiger partial charge < -0.3 is 4.40 Å². The van der Waals surface area contributed by atoms with Gasteiger partial charge in [-0.3, -0.25) is 0 Å². The molecule has 2 aromatic rings. The number of nitrogens with zero attached hydrogens (tertiary/aromatic N) is 1. The van der Waals surface area contributed by atoms with E-state index < -0.39 is 0 Å². The molecule has 0 bridgehead atoms. The lowest BCUT2D eigenvalue weighted by Crippen LogP contribution is -1.95. The Labute approximate surface area is 91.7 Å². The summed E-state index contributed by atoms with van der Waals surface area (Å²) >= 11 is 0. The van der Waals surface area contributed by atoms with Crippen molar-refractivity contribution in [2.75, 3.05) is 0 Å². The normalized spacial score (nSPS) is 11.1. The van der Waals surface area contributed by atoms with Gasteiger partial charge in [-0.05, 0) is 36.6 Å². The minimum Gasteiger partial charge on any atom is -0.321 e. The third kappa shape index (κ3) is 1.92. The average Bonchev–Trinajstić information content (AvgIpc) is 2.59. The van der Waals surface area contributed by atoms with E-state index in [1.807, 2.05) is 0 Å². The molecule has 0 amide bonds. The van der Waals surface area contributed by atoms with Crippen molar-refractivity contribution in [2.45, 2.75) is 39.5 Å². The molecule has 0 aliphatic heterocycles. The highest BCUT2D eigenvalue weighted by Gasteiger charge is 2.07. The first kappa shape index (κ1) is 10.3. The zero-order valence-electron chi connectivity index (χ0n) is 9.66. The highest BCUT2D eigenvalue weighted by molar-refractivity contribution is 5.53. The average molecular weight is 201 g/mol. The zero-order valence-corrected chi connectivity index (χ0v) is 9.66. The molecule has 80 valence electrons. The Morgan fingerprint density at radius 2 is 1.87 bits per heavy atom. The fourth-order valence-electron chi connectivity index (χ4n) is 2.24. The Bertz CT molecular complexity index is 440. The molecule has 15 heavy (non-hydrogen) atoms. The summed E-state index contributed by atoms with van der Waals surface area (Å²) in [5.74, 6) is 0. The lowest BCUT2D eigenvalue weighted by atomic mass is 10.1. The summed E-state index contributed by atoms with van der Waals surface area (Å²) in [5, 5.41) is 0. The molecule has 0 aliphatic carbocycles. The minimum atomic E-state index is 1.19. The van der Waals surface area contributed by atoms with Gasteiger partial charge in [0.25, 0.3) is 0 Å². The van der Waals surface area contributed by atoms with Gasteiger partial charge in [0, 0.05) is 17.4 Å². The van der Waals surface area contributed by atoms with Crippen LogP contribution < -0.4 is 0 Å². The first-order valence-corrected chi connectivity index (χ1v) is 5.94. The van der Waals surface area contributed by atoms with Gasteiger partial charge in [-0.25, -0.2) is 0 Å². The molecule has 0 unspecified atom stereocenters. The molecule has 2 rings (SSSR count). The third-order valence-corrected chi connectivity index (χ3v) is 2.88. The monoisotopic (exact) mass is 201 g/mol. The first-order chi connectivity index (χ1) is 7.36. The van der Waals surface area contributed by atoms with Gasteiger partial charge in [0.2, 0.25) is 0 Å². The fraction of sp³-hybridized carbons (Fsp3) is 0.429. The van der Waals surface area contributed by atoms with Gasteiger partial charge in [0.05, 0.1) is 0 Å². The number of pyridine rings is 1. The number of aryl methyl sites for hydroxylation is 2. The van der Waals surface area contributed by atoms with E-state index in [1.54, 1.807) is 0 Å². The molecule has 0 spiro atoms. The highest BCUT2D eigenvalue weighted by Crippen LogP contribution is 2.19. The van der Waals surface area contributed by atoms with Crippen LogP contribution in [-0.4, -0.2) is 4.40 Å². The van der Waals surface area contributed by atoms with Gasteiger partial charge >= 0.3 is 0 Å². The molecular formula is C14H19N. The van der Waals surface area contributed by atoms with E-state index in [1.165, 1.54) is 42.5 Å². The van der Waals surface area contributed by atoms with Gasteiger partial charge in [0.1, 0.15) is 0 Å². The van der Waals surface area contributed by atoms with Gasteiger partial charge in [-0.1, -0.05) is 32.8 Å². The van der Waals surface area contributed by atoms with Crippen LogP contribution in [0.5, 0.6) is 0 Å². The molecule has 0 aromatic carbocycles. The van der Waals surface area contributed by atoms with Crippen LogP contribution in [0.4, 0.5) is 0 Å². The summed E-state index contributed by atoms with van der Waals surface area (Å²) in [6.45, 7) is 4.50. The van der Waals surface area contributed by atoms with Crippen molar-refractivity contribution >= 4 is 5.52 Å². The van der Waals surface area contributed by atoms with E-state index in [0.717, 1.165) is 0 Å². The van der Waals surface area contributed by atoms with Crippen LogP contribution >= 0.6 is 0 Å². The van der Waals surface area contributed by atoms with Crippen molar-refractivity contribution in [2.24, 2.45) is 0 Å². The van der Waals surface area contributed by atoms with Crippen LogP contribution in [-0.2, 0) is 12.8 Å². The Kier molecular flexibility index (Phi) is 3.10. The SMILES string of the molecule is CCCc1cc2ccccn2c1CCC. The third-order valence-electron chi connectivity index (χ3n) is 2.88. The fourth-order valence-corrected chi connectivity index (χ4v) is 2.24. The molecule has 2 aromatic heterocycles. The predicted octanol–water partition coefficient (Wildman–Crippen LogP) is 3.84. The number of rotatable bonds is 4. The van der Waals surface area contributed by atoms with Gasteiger partial charge in [-0.2, -0.15) is 0 Å². The quantitative estimate of drug-likeness (QED) is 0.708. The maximum Gasteiger partial charge on any atom is 0.0455 e. The van der Waals surface area contributed by atoms with E-state index in [2.05, 4.69) is 48.7 Å². The maximum atomic E-state index is 2.34. The highest BCUT2D eigenvalue weighted by atomic mass is 14.9. The van der Waals surface area contributed by atoms with Crippen LogP contribution in [0.1, 0.15) is 37.9 Å². The summed E-state index contributed by atoms with van der Waals surface area (Å²) in [6.07, 6.45) is 7.02. The number of hydrogen-bond acceptors (Lipinski definition) is 0. The standard InChI is InChI=1S/C14H19N/c1-3-7-12-11-13-9-5-6-10-15(13)14(12)8-4-2/h5-6,9-11H,3-4,7-8H2,1-2H3. The lowest BCUT2D eigenvalue weighted by molar-refractivity contribution is 0.827. The van der Waals surface area contributed by atoms with Gasteiger partial charge in [0.15, 0.2) is 0 Å². The van der Waals surface area contributed by atoms with E-state index in [4.69, 9.17) is 0 Å². The van der Waals surface area contributed by atoms with E-state index >= 15 is 0 Å². The minimum absolute atomic E-state index is 1.19. The molecule has 0 fully saturated rings. The second kappa shape index (κ2) is 4.52. The Hall–Kier alpha value is -1.24. The molecule has 0 atom stereocenters. The second-order valence-electron chi connectivity index (χ2n) is 4.11. The molecule has 0 aliphatic rings. The van der Waals surface area contributed by atoms with E-state index in [-0.39, 0.29) is 0 Å². The zero-order chi connectivity index (χ0) is 10.7. The predicted molar refractivity (Wildman–Crippen MR) is 65.4 cm³/mol. The Morgan fingerprint density at radius 1 is 1.07 bits per heavy atom. The van der Waals surface area contributed by atoms with Gasteiger partial charge in [-0.15, -0.1) is 0 Å². The van der Waals surface area contributed by atoms with Crippen molar-refractivity contribution in [3.8, 4) is 0 Å². The van der Waals surface area contributed by atoms with Crippen LogP contribution in [0.3, 0.4) is 0 Å². The largest absolute Gasteiger partial charge is 0.321 e. The topological polar surface area (TPSA) is 4.41 Å². The summed E-state index contributed by atoms with van der Waals surface area (Å²) in [5.41, 5.74) is 4.38. The summed E-state index contributed by atoms with van der Waals surface area (Å²) in [4.78, 5) is 0. The molecule has 0 saturated heterocycles. The van der Waals surface area contributed by atoms with Crippen molar-refractivity contribution in [1.82, 2.24) is 4.40 Å². The van der Waals surface area contributed by atoms with Crippen molar-refractivity contribution in [1.29, 1.82) is 0 Å². The van der Waals surface area contributed by atoms with Crippen LogP contribution in [0.15, 0.2) is 30.5 Å². The number of fused-ring (bicyclic) bond motifs is 1.